The molecule has 2 N–H and O–H groups in total. The van der Waals surface area contributed by atoms with Crippen LogP contribution in [0.15, 0.2) is 42.6 Å². The molecule has 2 rings (SSSR count). The van der Waals surface area contributed by atoms with Gasteiger partial charge in [0.2, 0.25) is 0 Å². The zero-order chi connectivity index (χ0) is 15.8. The standard InChI is InChI=1S/C16H16N4OS/c1-21-14-6-2-4-12(10-14)7-9-19-16(22)20-15-13(11-17)5-3-8-18-15/h2-6,8,10H,7,9H2,1H3,(H2,18,19,20,22). The second kappa shape index (κ2) is 7.96. The molecule has 0 spiro atoms. The Hall–Kier alpha value is -2.65. The number of anilines is 1. The fraction of sp³-hybridized carbons (Fsp3) is 0.188. The molecule has 0 unspecified atom stereocenters. The normalized spacial score (nSPS) is 9.64. The van der Waals surface area contributed by atoms with Crippen LogP contribution in [0.5, 0.6) is 5.75 Å². The lowest BCUT2D eigenvalue weighted by molar-refractivity contribution is 0.414. The van der Waals surface area contributed by atoms with E-state index in [4.69, 9.17) is 22.2 Å². The minimum Gasteiger partial charge on any atom is -0.497 e. The summed E-state index contributed by atoms with van der Waals surface area (Å²) in [5.74, 6) is 1.30. The van der Waals surface area contributed by atoms with Crippen molar-refractivity contribution in [3.05, 3.63) is 53.7 Å². The van der Waals surface area contributed by atoms with Crippen LogP contribution in [0.4, 0.5) is 5.82 Å². The molecule has 112 valence electrons. The quantitative estimate of drug-likeness (QED) is 0.827. The minimum atomic E-state index is 0.443. The van der Waals surface area contributed by atoms with Crippen molar-refractivity contribution in [2.75, 3.05) is 19.0 Å². The van der Waals surface area contributed by atoms with Crippen LogP contribution in [0.3, 0.4) is 0 Å². The third kappa shape index (κ3) is 4.43. The number of ether oxygens (including phenoxy) is 1. The van der Waals surface area contributed by atoms with E-state index < -0.39 is 0 Å². The van der Waals surface area contributed by atoms with Gasteiger partial charge in [0, 0.05) is 12.7 Å². The van der Waals surface area contributed by atoms with E-state index in [0.717, 1.165) is 17.7 Å². The van der Waals surface area contributed by atoms with Crippen LogP contribution in [-0.2, 0) is 6.42 Å². The number of benzene rings is 1. The summed E-state index contributed by atoms with van der Waals surface area (Å²) in [4.78, 5) is 4.10. The predicted molar refractivity (Wildman–Crippen MR) is 89.9 cm³/mol. The highest BCUT2D eigenvalue weighted by atomic mass is 32.1. The van der Waals surface area contributed by atoms with Gasteiger partial charge in [-0.25, -0.2) is 4.98 Å². The number of nitrogens with zero attached hydrogens (tertiary/aromatic N) is 2. The third-order valence-corrected chi connectivity index (χ3v) is 3.24. The van der Waals surface area contributed by atoms with Gasteiger partial charge in [0.1, 0.15) is 17.6 Å². The summed E-state index contributed by atoms with van der Waals surface area (Å²) < 4.78 is 5.19. The van der Waals surface area contributed by atoms with Gasteiger partial charge in [-0.05, 0) is 48.5 Å². The van der Waals surface area contributed by atoms with Crippen LogP contribution in [0.2, 0.25) is 0 Å². The number of nitriles is 1. The average Bonchev–Trinajstić information content (AvgIpc) is 2.55. The molecule has 1 heterocycles. The Morgan fingerprint density at radius 1 is 1.36 bits per heavy atom. The molecule has 0 bridgehead atoms. The molecule has 0 aliphatic heterocycles. The predicted octanol–water partition coefficient (Wildman–Crippen LogP) is 2.49. The molecular weight excluding hydrogens is 296 g/mol. The van der Waals surface area contributed by atoms with Gasteiger partial charge in [-0.1, -0.05) is 12.1 Å². The second-order valence-electron chi connectivity index (χ2n) is 4.49. The van der Waals surface area contributed by atoms with E-state index in [1.807, 2.05) is 24.3 Å². The van der Waals surface area contributed by atoms with Crippen molar-refractivity contribution >= 4 is 23.1 Å². The smallest absolute Gasteiger partial charge is 0.171 e. The van der Waals surface area contributed by atoms with Crippen LogP contribution < -0.4 is 15.4 Å². The zero-order valence-electron chi connectivity index (χ0n) is 12.2. The Morgan fingerprint density at radius 2 is 2.23 bits per heavy atom. The highest BCUT2D eigenvalue weighted by Crippen LogP contribution is 2.12. The molecule has 0 fully saturated rings. The van der Waals surface area contributed by atoms with Gasteiger partial charge in [0.25, 0.3) is 0 Å². The molecule has 0 aliphatic rings. The monoisotopic (exact) mass is 312 g/mol. The van der Waals surface area contributed by atoms with Gasteiger partial charge in [-0.15, -0.1) is 0 Å². The Kier molecular flexibility index (Phi) is 5.69. The zero-order valence-corrected chi connectivity index (χ0v) is 13.0. The molecule has 1 aromatic heterocycles. The fourth-order valence-electron chi connectivity index (χ4n) is 1.90. The van der Waals surface area contributed by atoms with Gasteiger partial charge in [-0.3, -0.25) is 0 Å². The SMILES string of the molecule is COc1cccc(CCNC(=S)Nc2ncccc2C#N)c1. The molecule has 0 radical (unpaired) electrons. The number of aromatic nitrogens is 1. The Balaban J connectivity index is 1.84. The number of methoxy groups -OCH3 is 1. The van der Waals surface area contributed by atoms with Crippen molar-refractivity contribution in [2.45, 2.75) is 6.42 Å². The van der Waals surface area contributed by atoms with Gasteiger partial charge in [-0.2, -0.15) is 5.26 Å². The maximum absolute atomic E-state index is 9.00. The Labute approximate surface area is 134 Å². The lowest BCUT2D eigenvalue weighted by atomic mass is 10.1. The topological polar surface area (TPSA) is 70.0 Å². The van der Waals surface area contributed by atoms with Crippen LogP contribution in [0, 0.1) is 11.3 Å². The van der Waals surface area contributed by atoms with Crippen molar-refractivity contribution in [1.29, 1.82) is 5.26 Å². The molecule has 0 saturated heterocycles. The van der Waals surface area contributed by atoms with E-state index in [2.05, 4.69) is 21.7 Å². The number of pyridine rings is 1. The highest BCUT2D eigenvalue weighted by Gasteiger charge is 2.04. The largest absolute Gasteiger partial charge is 0.497 e. The van der Waals surface area contributed by atoms with Gasteiger partial charge < -0.3 is 15.4 Å². The van der Waals surface area contributed by atoms with E-state index in [1.165, 1.54) is 0 Å². The van der Waals surface area contributed by atoms with Gasteiger partial charge in [0.15, 0.2) is 5.11 Å². The number of nitrogens with one attached hydrogen (secondary N) is 2. The summed E-state index contributed by atoms with van der Waals surface area (Å²) in [5, 5.41) is 15.5. The summed E-state index contributed by atoms with van der Waals surface area (Å²) in [7, 11) is 1.65. The molecule has 0 aliphatic carbocycles. The van der Waals surface area contributed by atoms with Crippen molar-refractivity contribution < 1.29 is 4.74 Å². The first-order valence-electron chi connectivity index (χ1n) is 6.76. The van der Waals surface area contributed by atoms with Crippen molar-refractivity contribution in [3.8, 4) is 11.8 Å². The Bertz CT molecular complexity index is 697. The summed E-state index contributed by atoms with van der Waals surface area (Å²) in [6, 6.07) is 13.4. The number of hydrogen-bond acceptors (Lipinski definition) is 4. The number of rotatable bonds is 5. The first-order valence-corrected chi connectivity index (χ1v) is 7.16. The molecule has 0 atom stereocenters. The molecule has 0 amide bonds. The van der Waals surface area contributed by atoms with E-state index in [1.54, 1.807) is 25.4 Å². The van der Waals surface area contributed by atoms with Crippen molar-refractivity contribution in [3.63, 3.8) is 0 Å². The molecule has 2 aromatic rings. The molecule has 5 nitrogen and oxygen atoms in total. The van der Waals surface area contributed by atoms with Crippen LogP contribution in [-0.4, -0.2) is 23.8 Å². The van der Waals surface area contributed by atoms with E-state index in [9.17, 15) is 0 Å². The highest BCUT2D eigenvalue weighted by molar-refractivity contribution is 7.80. The molecule has 6 heteroatoms. The summed E-state index contributed by atoms with van der Waals surface area (Å²) in [6.45, 7) is 0.674. The second-order valence-corrected chi connectivity index (χ2v) is 4.90. The van der Waals surface area contributed by atoms with Crippen molar-refractivity contribution in [1.82, 2.24) is 10.3 Å². The lowest BCUT2D eigenvalue weighted by Crippen LogP contribution is -2.30. The molecule has 0 saturated carbocycles. The maximum Gasteiger partial charge on any atom is 0.171 e. The van der Waals surface area contributed by atoms with Crippen LogP contribution >= 0.6 is 12.2 Å². The summed E-state index contributed by atoms with van der Waals surface area (Å²) >= 11 is 5.21. The van der Waals surface area contributed by atoms with Crippen molar-refractivity contribution in [2.24, 2.45) is 0 Å². The number of hydrogen-bond donors (Lipinski definition) is 2. The molecular formula is C16H16N4OS. The third-order valence-electron chi connectivity index (χ3n) is 2.99. The van der Waals surface area contributed by atoms with Crippen LogP contribution in [0.1, 0.15) is 11.1 Å². The average molecular weight is 312 g/mol. The summed E-state index contributed by atoms with van der Waals surface area (Å²) in [5.41, 5.74) is 1.62. The number of thiocarbonyl (C=S) groups is 1. The van der Waals surface area contributed by atoms with Gasteiger partial charge >= 0.3 is 0 Å². The van der Waals surface area contributed by atoms with Crippen LogP contribution in [0.25, 0.3) is 0 Å². The molecule has 22 heavy (non-hydrogen) atoms. The van der Waals surface area contributed by atoms with E-state index >= 15 is 0 Å². The first kappa shape index (κ1) is 15.7. The fourth-order valence-corrected chi connectivity index (χ4v) is 2.09. The Morgan fingerprint density at radius 3 is 3.00 bits per heavy atom. The summed E-state index contributed by atoms with van der Waals surface area (Å²) in [6.07, 6.45) is 2.42. The molecule has 1 aromatic carbocycles. The van der Waals surface area contributed by atoms with Gasteiger partial charge in [0.05, 0.1) is 12.7 Å². The maximum atomic E-state index is 9.00. The van der Waals surface area contributed by atoms with E-state index in [0.29, 0.717) is 23.0 Å². The van der Waals surface area contributed by atoms with E-state index in [-0.39, 0.29) is 0 Å². The minimum absolute atomic E-state index is 0.443. The first-order chi connectivity index (χ1) is 10.7. The lowest BCUT2D eigenvalue weighted by Gasteiger charge is -2.11.